The van der Waals surface area contributed by atoms with Crippen LogP contribution in [0.25, 0.3) is 0 Å². The summed E-state index contributed by atoms with van der Waals surface area (Å²) in [5, 5.41) is 23.5. The molecule has 38 heavy (non-hydrogen) atoms. The first-order valence-corrected chi connectivity index (χ1v) is 15.0. The number of hydrogen-bond donors (Lipinski definition) is 2. The van der Waals surface area contributed by atoms with Crippen LogP contribution in [0.15, 0.2) is 23.8 Å². The number of aliphatic hydroxyl groups is 1. The maximum Gasteiger partial charge on any atom is 0.256 e. The molecule has 1 aromatic carbocycles. The summed E-state index contributed by atoms with van der Waals surface area (Å²) in [4.78, 5) is 31.2. The molecule has 2 amide bonds. The molecule has 202 valence electrons. The Hall–Kier alpha value is -2.38. The number of amides is 2. The van der Waals surface area contributed by atoms with Gasteiger partial charge in [0.2, 0.25) is 5.91 Å². The molecular weight excluding hydrogens is 480 g/mol. The van der Waals surface area contributed by atoms with Crippen molar-refractivity contribution >= 4 is 11.8 Å². The van der Waals surface area contributed by atoms with Crippen molar-refractivity contribution in [2.75, 3.05) is 13.1 Å². The van der Waals surface area contributed by atoms with E-state index < -0.39 is 23.2 Å². The first-order chi connectivity index (χ1) is 18.4. The normalized spacial score (nSPS) is 39.6. The van der Waals surface area contributed by atoms with Crippen LogP contribution >= 0.6 is 0 Å². The van der Waals surface area contributed by atoms with Crippen molar-refractivity contribution in [2.24, 2.45) is 11.8 Å². The summed E-state index contributed by atoms with van der Waals surface area (Å²) in [6.07, 6.45) is 12.5. The number of benzene rings is 1. The molecule has 7 nitrogen and oxygen atoms in total. The van der Waals surface area contributed by atoms with Crippen LogP contribution in [0, 0.1) is 11.8 Å². The number of allylic oxidation sites excluding steroid dienone is 1. The summed E-state index contributed by atoms with van der Waals surface area (Å²) < 4.78 is 6.62. The number of phenolic OH excluding ortho intramolecular Hbond substituents is 1. The van der Waals surface area contributed by atoms with E-state index >= 15 is 0 Å². The second-order valence-corrected chi connectivity index (χ2v) is 13.2. The summed E-state index contributed by atoms with van der Waals surface area (Å²) in [6.45, 7) is 1.88. The van der Waals surface area contributed by atoms with Crippen LogP contribution < -0.4 is 4.74 Å². The number of imide groups is 1. The molecule has 2 N–H and O–H groups in total. The molecule has 5 atom stereocenters. The average molecular weight is 519 g/mol. The highest BCUT2D eigenvalue weighted by Gasteiger charge is 2.74. The largest absolute Gasteiger partial charge is 0.504 e. The number of phenols is 1. The molecule has 3 heterocycles. The molecule has 7 heteroatoms. The standard InChI is InChI=1S/C31H38N2O5/c34-23-9-8-20-15-24-31(37)11-10-22(33-25(35)16-21(29(33)36)14-18-4-2-1-3-5-18)28-30(31,26(20)27(23)38-28)12-13-32(24)17-19-6-7-19/h8-9,14,18-19,22,24,28,34,37H,1-7,10-13,15-17H2/b21-14+/t22-,24-,28+,30+,31?/m1/s1. The summed E-state index contributed by atoms with van der Waals surface area (Å²) in [7, 11) is 0. The van der Waals surface area contributed by atoms with E-state index in [2.05, 4.69) is 11.0 Å². The van der Waals surface area contributed by atoms with E-state index in [9.17, 15) is 19.8 Å². The van der Waals surface area contributed by atoms with Gasteiger partial charge in [-0.1, -0.05) is 31.4 Å². The number of rotatable bonds is 4. The minimum Gasteiger partial charge on any atom is -0.504 e. The Balaban J connectivity index is 1.19. The molecule has 3 saturated carbocycles. The zero-order chi connectivity index (χ0) is 25.8. The Labute approximate surface area is 223 Å². The smallest absolute Gasteiger partial charge is 0.256 e. The molecule has 1 spiro atoms. The van der Waals surface area contributed by atoms with Crippen molar-refractivity contribution in [1.82, 2.24) is 9.80 Å². The molecule has 2 saturated heterocycles. The molecule has 7 aliphatic rings. The van der Waals surface area contributed by atoms with Gasteiger partial charge in [-0.15, -0.1) is 0 Å². The van der Waals surface area contributed by atoms with Gasteiger partial charge in [-0.2, -0.15) is 0 Å². The average Bonchev–Trinajstić information content (AvgIpc) is 3.59. The van der Waals surface area contributed by atoms with Crippen molar-refractivity contribution in [2.45, 2.75) is 106 Å². The zero-order valence-corrected chi connectivity index (χ0v) is 22.0. The van der Waals surface area contributed by atoms with Gasteiger partial charge in [0.1, 0.15) is 6.10 Å². The molecular formula is C31H38N2O5. The van der Waals surface area contributed by atoms with E-state index in [0.29, 0.717) is 36.5 Å². The van der Waals surface area contributed by atoms with Crippen molar-refractivity contribution in [3.63, 3.8) is 0 Å². The van der Waals surface area contributed by atoms with Gasteiger partial charge in [0.15, 0.2) is 11.5 Å². The number of carbonyl (C=O) groups is 2. The highest BCUT2D eigenvalue weighted by molar-refractivity contribution is 6.13. The molecule has 8 rings (SSSR count). The lowest BCUT2D eigenvalue weighted by Crippen LogP contribution is -2.78. The van der Waals surface area contributed by atoms with Crippen molar-refractivity contribution in [1.29, 1.82) is 0 Å². The summed E-state index contributed by atoms with van der Waals surface area (Å²) >= 11 is 0. The second-order valence-electron chi connectivity index (χ2n) is 13.2. The highest BCUT2D eigenvalue weighted by atomic mass is 16.5. The fourth-order valence-corrected chi connectivity index (χ4v) is 9.36. The lowest BCUT2D eigenvalue weighted by Gasteiger charge is -2.64. The molecule has 0 aromatic heterocycles. The third-order valence-corrected chi connectivity index (χ3v) is 11.3. The SMILES string of the molecule is O=C1C/C(=C\C2CCCCC2)C(=O)N1[C@@H]1CCC2(O)[C@H]3Cc4ccc(O)c5c4[C@@]2(CCN3CC2CC2)[C@H]1O5. The number of piperidine rings is 1. The number of nitrogens with zero attached hydrogens (tertiary/aromatic N) is 2. The molecule has 1 aromatic rings. The minimum absolute atomic E-state index is 0.0152. The first-order valence-electron chi connectivity index (χ1n) is 15.0. The van der Waals surface area contributed by atoms with Crippen LogP contribution in [0.2, 0.25) is 0 Å². The number of likely N-dealkylation sites (tertiary alicyclic amines) is 2. The minimum atomic E-state index is -1.01. The van der Waals surface area contributed by atoms with E-state index in [0.717, 1.165) is 49.4 Å². The molecule has 4 aliphatic carbocycles. The van der Waals surface area contributed by atoms with Gasteiger partial charge in [0, 0.05) is 23.7 Å². The van der Waals surface area contributed by atoms with Crippen LogP contribution in [0.4, 0.5) is 0 Å². The van der Waals surface area contributed by atoms with Crippen LogP contribution in [0.3, 0.4) is 0 Å². The zero-order valence-electron chi connectivity index (χ0n) is 22.0. The van der Waals surface area contributed by atoms with Gasteiger partial charge in [-0.3, -0.25) is 19.4 Å². The quantitative estimate of drug-likeness (QED) is 0.468. The van der Waals surface area contributed by atoms with E-state index in [4.69, 9.17) is 4.74 Å². The lowest BCUT2D eigenvalue weighted by atomic mass is 9.48. The van der Waals surface area contributed by atoms with Crippen LogP contribution in [-0.4, -0.2) is 68.7 Å². The van der Waals surface area contributed by atoms with Crippen LogP contribution in [0.5, 0.6) is 11.5 Å². The second kappa shape index (κ2) is 8.07. The monoisotopic (exact) mass is 518 g/mol. The molecule has 3 aliphatic heterocycles. The van der Waals surface area contributed by atoms with Gasteiger partial charge in [-0.25, -0.2) is 0 Å². The Morgan fingerprint density at radius 3 is 2.66 bits per heavy atom. The van der Waals surface area contributed by atoms with Gasteiger partial charge < -0.3 is 14.9 Å². The van der Waals surface area contributed by atoms with Gasteiger partial charge in [-0.05, 0) is 81.4 Å². The molecule has 5 fully saturated rings. The van der Waals surface area contributed by atoms with Crippen molar-refractivity contribution < 1.29 is 24.5 Å². The summed E-state index contributed by atoms with van der Waals surface area (Å²) in [5.41, 5.74) is 0.973. The van der Waals surface area contributed by atoms with Crippen LogP contribution in [0.1, 0.15) is 81.8 Å². The topological polar surface area (TPSA) is 90.3 Å². The summed E-state index contributed by atoms with van der Waals surface area (Å²) in [5.74, 6) is 1.34. The fraction of sp³-hybridized carbons (Fsp3) is 0.677. The Morgan fingerprint density at radius 1 is 1.05 bits per heavy atom. The van der Waals surface area contributed by atoms with Crippen LogP contribution in [-0.2, 0) is 21.4 Å². The van der Waals surface area contributed by atoms with Gasteiger partial charge >= 0.3 is 0 Å². The van der Waals surface area contributed by atoms with E-state index in [-0.39, 0.29) is 30.0 Å². The van der Waals surface area contributed by atoms with Crippen molar-refractivity contribution in [3.05, 3.63) is 34.9 Å². The first kappa shape index (κ1) is 23.5. The van der Waals surface area contributed by atoms with Crippen molar-refractivity contribution in [3.8, 4) is 11.5 Å². The Bertz CT molecular complexity index is 1250. The molecule has 1 unspecified atom stereocenters. The maximum absolute atomic E-state index is 13.8. The van der Waals surface area contributed by atoms with Gasteiger partial charge in [0.05, 0.1) is 23.5 Å². The predicted octanol–water partition coefficient (Wildman–Crippen LogP) is 3.59. The van der Waals surface area contributed by atoms with Gasteiger partial charge in [0.25, 0.3) is 5.91 Å². The highest BCUT2D eigenvalue weighted by Crippen LogP contribution is 2.66. The van der Waals surface area contributed by atoms with E-state index in [1.54, 1.807) is 6.07 Å². The summed E-state index contributed by atoms with van der Waals surface area (Å²) in [6, 6.07) is 3.24. The fourth-order valence-electron chi connectivity index (χ4n) is 9.36. The molecule has 2 bridgehead atoms. The number of carbonyl (C=O) groups excluding carboxylic acids is 2. The number of ether oxygens (including phenoxy) is 1. The maximum atomic E-state index is 13.8. The lowest BCUT2D eigenvalue weighted by molar-refractivity contribution is -0.201. The van der Waals surface area contributed by atoms with E-state index in [1.807, 2.05) is 6.07 Å². The predicted molar refractivity (Wildman–Crippen MR) is 140 cm³/mol. The molecule has 0 radical (unpaired) electrons. The third kappa shape index (κ3) is 3.03. The number of aromatic hydroxyl groups is 1. The Kier molecular flexibility index (Phi) is 4.99. The third-order valence-electron chi connectivity index (χ3n) is 11.3. The van der Waals surface area contributed by atoms with E-state index in [1.165, 1.54) is 37.0 Å². The number of hydrogen-bond acceptors (Lipinski definition) is 6. The Morgan fingerprint density at radius 2 is 1.87 bits per heavy atom.